The number of hydrogen-bond donors (Lipinski definition) is 0. The highest BCUT2D eigenvalue weighted by atomic mass is 16.3. The van der Waals surface area contributed by atoms with E-state index in [1.807, 2.05) is 12.1 Å². The molecule has 0 aliphatic rings. The molecular formula is C104H70N2O2. The van der Waals surface area contributed by atoms with Crippen LogP contribution in [0.25, 0.3) is 154 Å². The van der Waals surface area contributed by atoms with Gasteiger partial charge in [-0.2, -0.15) is 0 Å². The number of para-hydroxylation sites is 2. The molecule has 0 amide bonds. The topological polar surface area (TPSA) is 32.8 Å². The summed E-state index contributed by atoms with van der Waals surface area (Å²) in [5, 5.41) is 9.21. The fraction of sp³-hybridized carbons (Fsp3) is 0. The van der Waals surface area contributed by atoms with Gasteiger partial charge in [0.25, 0.3) is 0 Å². The number of anilines is 6. The summed E-state index contributed by atoms with van der Waals surface area (Å²) in [5.41, 5.74) is 28.8. The Hall–Kier alpha value is -14.3. The lowest BCUT2D eigenvalue weighted by atomic mass is 9.98. The highest BCUT2D eigenvalue weighted by Crippen LogP contribution is 2.49. The fourth-order valence-corrected chi connectivity index (χ4v) is 15.5. The van der Waals surface area contributed by atoms with Crippen LogP contribution in [0.15, 0.2) is 433 Å². The number of nitrogens with zero attached hydrogens (tertiary/aromatic N) is 2. The van der Waals surface area contributed by atoms with E-state index in [9.17, 15) is 0 Å². The third kappa shape index (κ3) is 12.5. The lowest BCUT2D eigenvalue weighted by Gasteiger charge is -2.26. The molecular weight excluding hydrogens is 1310 g/mol. The van der Waals surface area contributed by atoms with Crippen molar-refractivity contribution in [3.8, 4) is 89.0 Å². The Morgan fingerprint density at radius 3 is 0.667 bits per heavy atom. The zero-order valence-electron chi connectivity index (χ0n) is 59.1. The summed E-state index contributed by atoms with van der Waals surface area (Å²) in [6.07, 6.45) is 0. The summed E-state index contributed by atoms with van der Waals surface area (Å²) in [5.74, 6) is 0. The van der Waals surface area contributed by atoms with Crippen LogP contribution in [0.5, 0.6) is 0 Å². The quantitative estimate of drug-likeness (QED) is 0.109. The first-order chi connectivity index (χ1) is 53.5. The van der Waals surface area contributed by atoms with Gasteiger partial charge in [0.2, 0.25) is 0 Å². The molecule has 2 heterocycles. The number of hydrogen-bond acceptors (Lipinski definition) is 4. The summed E-state index contributed by atoms with van der Waals surface area (Å²) in [7, 11) is 0. The van der Waals surface area contributed by atoms with Gasteiger partial charge < -0.3 is 18.6 Å². The molecule has 20 aromatic rings. The van der Waals surface area contributed by atoms with E-state index >= 15 is 0 Å². The van der Waals surface area contributed by atoms with Crippen molar-refractivity contribution in [3.05, 3.63) is 425 Å². The lowest BCUT2D eigenvalue weighted by Crippen LogP contribution is -2.10. The van der Waals surface area contributed by atoms with E-state index in [-0.39, 0.29) is 0 Å². The second-order valence-electron chi connectivity index (χ2n) is 27.5. The van der Waals surface area contributed by atoms with E-state index in [4.69, 9.17) is 8.83 Å². The average molecular weight is 1380 g/mol. The number of furan rings is 2. The first kappa shape index (κ1) is 64.5. The van der Waals surface area contributed by atoms with Crippen LogP contribution in [-0.4, -0.2) is 0 Å². The Labute approximate surface area is 627 Å². The molecule has 20 rings (SSSR count). The van der Waals surface area contributed by atoms with Gasteiger partial charge in [-0.05, 0) is 189 Å². The third-order valence-corrected chi connectivity index (χ3v) is 21.0. The van der Waals surface area contributed by atoms with Gasteiger partial charge in [0.1, 0.15) is 11.2 Å². The highest BCUT2D eigenvalue weighted by Gasteiger charge is 2.25. The smallest absolute Gasteiger partial charge is 0.160 e. The molecule has 508 valence electrons. The molecule has 0 fully saturated rings. The molecule has 0 radical (unpaired) electrons. The molecule has 0 spiro atoms. The van der Waals surface area contributed by atoms with Crippen molar-refractivity contribution < 1.29 is 8.83 Å². The maximum atomic E-state index is 6.76. The van der Waals surface area contributed by atoms with Crippen molar-refractivity contribution in [3.63, 3.8) is 0 Å². The molecule has 0 saturated heterocycles. The van der Waals surface area contributed by atoms with E-state index in [0.29, 0.717) is 0 Å². The van der Waals surface area contributed by atoms with Gasteiger partial charge in [0.05, 0.1) is 11.4 Å². The van der Waals surface area contributed by atoms with Crippen LogP contribution in [0.2, 0.25) is 0 Å². The predicted molar refractivity (Wildman–Crippen MR) is 455 cm³/mol. The minimum atomic E-state index is 0.870. The first-order valence-electron chi connectivity index (χ1n) is 36.8. The Morgan fingerprint density at radius 2 is 0.370 bits per heavy atom. The van der Waals surface area contributed by atoms with E-state index in [1.165, 1.54) is 105 Å². The van der Waals surface area contributed by atoms with Gasteiger partial charge in [-0.3, -0.25) is 0 Å². The van der Waals surface area contributed by atoms with Crippen LogP contribution in [0.3, 0.4) is 0 Å². The van der Waals surface area contributed by atoms with E-state index < -0.39 is 0 Å². The van der Waals surface area contributed by atoms with E-state index in [0.717, 1.165) is 83.6 Å². The summed E-state index contributed by atoms with van der Waals surface area (Å²) in [6, 6.07) is 151. The van der Waals surface area contributed by atoms with Crippen molar-refractivity contribution in [1.29, 1.82) is 0 Å². The standard InChI is InChI=1S/2C52H35NO/c1-3-12-36(13-4-1)38-22-24-39(25-23-38)40-26-30-45(31-27-40)53(46-32-28-41(29-33-46)43-18-11-17-42(34-43)37-14-5-2-6-15-37)49-35-44-16-7-8-19-47(44)51-48-20-9-10-21-50(48)54-52(49)51;1-3-11-36(12-4-1)38-19-23-40(24-20-38)42-27-31-45(32-28-42)53(46-33-29-43(30-34-46)41-25-21-39(22-26-41)37-13-5-2-6-14-37)49-35-44-15-7-8-16-47(44)51-48-17-9-10-18-50(48)54-52(49)51/h2*1-35H. The van der Waals surface area contributed by atoms with Gasteiger partial charge in [0.15, 0.2) is 11.2 Å². The van der Waals surface area contributed by atoms with Crippen molar-refractivity contribution >= 4 is 99.5 Å². The Morgan fingerprint density at radius 1 is 0.157 bits per heavy atom. The molecule has 0 aliphatic heterocycles. The van der Waals surface area contributed by atoms with Gasteiger partial charge in [-0.1, -0.05) is 346 Å². The molecule has 0 bridgehead atoms. The van der Waals surface area contributed by atoms with Crippen LogP contribution in [0.4, 0.5) is 34.1 Å². The molecule has 0 aliphatic carbocycles. The average Bonchev–Trinajstić information content (AvgIpc) is 1.57. The molecule has 18 aromatic carbocycles. The largest absolute Gasteiger partial charge is 0.454 e. The fourth-order valence-electron chi connectivity index (χ4n) is 15.5. The number of rotatable bonds is 14. The van der Waals surface area contributed by atoms with Crippen LogP contribution in [0.1, 0.15) is 0 Å². The maximum Gasteiger partial charge on any atom is 0.160 e. The molecule has 0 atom stereocenters. The van der Waals surface area contributed by atoms with Gasteiger partial charge in [-0.25, -0.2) is 0 Å². The summed E-state index contributed by atoms with van der Waals surface area (Å²) >= 11 is 0. The van der Waals surface area contributed by atoms with E-state index in [1.54, 1.807) is 0 Å². The monoisotopic (exact) mass is 1380 g/mol. The summed E-state index contributed by atoms with van der Waals surface area (Å²) < 4.78 is 13.5. The Balaban J connectivity index is 0.000000147. The van der Waals surface area contributed by atoms with Crippen LogP contribution in [0, 0.1) is 0 Å². The zero-order chi connectivity index (χ0) is 71.7. The Kier molecular flexibility index (Phi) is 17.0. The Bertz CT molecular complexity index is 6450. The van der Waals surface area contributed by atoms with Gasteiger partial charge in [0, 0.05) is 44.3 Å². The van der Waals surface area contributed by atoms with Gasteiger partial charge >= 0.3 is 0 Å². The zero-order valence-corrected chi connectivity index (χ0v) is 59.1. The molecule has 0 saturated carbocycles. The normalized spacial score (nSPS) is 11.3. The minimum Gasteiger partial charge on any atom is -0.454 e. The van der Waals surface area contributed by atoms with Crippen molar-refractivity contribution in [2.24, 2.45) is 0 Å². The molecule has 4 nitrogen and oxygen atoms in total. The molecule has 0 N–H and O–H groups in total. The summed E-state index contributed by atoms with van der Waals surface area (Å²) in [4.78, 5) is 4.67. The second kappa shape index (κ2) is 28.4. The molecule has 4 heteroatoms. The van der Waals surface area contributed by atoms with Crippen molar-refractivity contribution in [2.75, 3.05) is 9.80 Å². The van der Waals surface area contributed by atoms with Crippen molar-refractivity contribution in [1.82, 2.24) is 0 Å². The molecule has 2 aromatic heterocycles. The minimum absolute atomic E-state index is 0.870. The summed E-state index contributed by atoms with van der Waals surface area (Å²) in [6.45, 7) is 0. The number of fused-ring (bicyclic) bond motifs is 10. The second-order valence-corrected chi connectivity index (χ2v) is 27.5. The van der Waals surface area contributed by atoms with Gasteiger partial charge in [-0.15, -0.1) is 0 Å². The number of benzene rings is 18. The molecule has 108 heavy (non-hydrogen) atoms. The first-order valence-corrected chi connectivity index (χ1v) is 36.8. The van der Waals surface area contributed by atoms with Crippen LogP contribution >= 0.6 is 0 Å². The molecule has 0 unspecified atom stereocenters. The van der Waals surface area contributed by atoms with Crippen LogP contribution < -0.4 is 9.80 Å². The highest BCUT2D eigenvalue weighted by molar-refractivity contribution is 6.24. The third-order valence-electron chi connectivity index (χ3n) is 21.0. The predicted octanol–water partition coefficient (Wildman–Crippen LogP) is 29.8. The van der Waals surface area contributed by atoms with Crippen molar-refractivity contribution in [2.45, 2.75) is 0 Å². The maximum absolute atomic E-state index is 6.76. The van der Waals surface area contributed by atoms with E-state index in [2.05, 4.69) is 422 Å². The SMILES string of the molecule is c1ccc(-c2ccc(-c3ccc(N(c4ccc(-c5ccc(-c6ccccc6)cc5)cc4)c4cc5ccccc5c5c4oc4ccccc45)cc3)cc2)cc1.c1ccc(-c2ccc(-c3ccc(N(c4ccc(-c5cccc(-c6ccccc6)c5)cc4)c4cc5ccccc5c5c4oc4ccccc45)cc3)cc2)cc1. The lowest BCUT2D eigenvalue weighted by molar-refractivity contribution is 0.669. The van der Waals surface area contributed by atoms with Crippen LogP contribution in [-0.2, 0) is 0 Å².